The molecule has 1 N–H and O–H groups in total. The molecular formula is C24H21N3O3S. The summed E-state index contributed by atoms with van der Waals surface area (Å²) in [5, 5.41) is 18.7. The van der Waals surface area contributed by atoms with Crippen LogP contribution in [0.5, 0.6) is 11.5 Å². The number of aromatic hydroxyl groups is 1. The second-order valence-corrected chi connectivity index (χ2v) is 7.77. The summed E-state index contributed by atoms with van der Waals surface area (Å²) in [6.45, 7) is 0.855. The molecule has 0 aliphatic heterocycles. The lowest BCUT2D eigenvalue weighted by molar-refractivity contribution is 0.102. The predicted molar refractivity (Wildman–Crippen MR) is 120 cm³/mol. The van der Waals surface area contributed by atoms with Gasteiger partial charge in [-0.25, -0.2) is 0 Å². The summed E-state index contributed by atoms with van der Waals surface area (Å²) in [5.74, 6) is 1.76. The standard InChI is InChI=1S/C24H21N3O3S/c28-20-13-11-19(12-14-20)22(29)17-31-24-26-25-23(16-30-21-9-5-2-6-10-21)27(24)15-18-7-3-1-4-8-18/h1-14,28H,15-17H2. The van der Waals surface area contributed by atoms with Crippen LogP contribution in [0, 0.1) is 0 Å². The van der Waals surface area contributed by atoms with Gasteiger partial charge in [0.25, 0.3) is 0 Å². The van der Waals surface area contributed by atoms with Crippen molar-refractivity contribution in [3.63, 3.8) is 0 Å². The molecular weight excluding hydrogens is 410 g/mol. The van der Waals surface area contributed by atoms with Crippen molar-refractivity contribution in [2.45, 2.75) is 18.3 Å². The highest BCUT2D eigenvalue weighted by Gasteiger charge is 2.16. The molecule has 0 spiro atoms. The molecule has 0 unspecified atom stereocenters. The van der Waals surface area contributed by atoms with Crippen molar-refractivity contribution in [2.75, 3.05) is 5.75 Å². The van der Waals surface area contributed by atoms with E-state index >= 15 is 0 Å². The molecule has 0 aliphatic rings. The van der Waals surface area contributed by atoms with Crippen LogP contribution in [-0.4, -0.2) is 31.4 Å². The third kappa shape index (κ3) is 5.52. The van der Waals surface area contributed by atoms with Gasteiger partial charge in [-0.15, -0.1) is 10.2 Å². The Balaban J connectivity index is 1.51. The zero-order valence-corrected chi connectivity index (χ0v) is 17.5. The Labute approximate surface area is 184 Å². The highest BCUT2D eigenvalue weighted by Crippen LogP contribution is 2.22. The number of ether oxygens (including phenoxy) is 1. The largest absolute Gasteiger partial charge is 0.508 e. The van der Waals surface area contributed by atoms with Crippen LogP contribution in [0.25, 0.3) is 0 Å². The number of ketones is 1. The first-order valence-corrected chi connectivity index (χ1v) is 10.8. The Kier molecular flexibility index (Phi) is 6.64. The minimum Gasteiger partial charge on any atom is -0.508 e. The second kappa shape index (κ2) is 9.95. The van der Waals surface area contributed by atoms with Crippen molar-refractivity contribution in [3.8, 4) is 11.5 Å². The van der Waals surface area contributed by atoms with Gasteiger partial charge in [0.15, 0.2) is 16.8 Å². The van der Waals surface area contributed by atoms with Crippen molar-refractivity contribution in [3.05, 3.63) is 102 Å². The third-order valence-electron chi connectivity index (χ3n) is 4.61. The fourth-order valence-electron chi connectivity index (χ4n) is 2.98. The number of phenols is 1. The molecule has 0 fully saturated rings. The van der Waals surface area contributed by atoms with Crippen LogP contribution in [0.4, 0.5) is 0 Å². The lowest BCUT2D eigenvalue weighted by atomic mass is 10.1. The molecule has 0 aliphatic carbocycles. The molecule has 3 aromatic carbocycles. The highest BCUT2D eigenvalue weighted by atomic mass is 32.2. The first kappa shape index (κ1) is 20.7. The first-order chi connectivity index (χ1) is 15.2. The van der Waals surface area contributed by atoms with Gasteiger partial charge in [0.05, 0.1) is 12.3 Å². The van der Waals surface area contributed by atoms with Crippen molar-refractivity contribution >= 4 is 17.5 Å². The van der Waals surface area contributed by atoms with E-state index in [0.29, 0.717) is 23.1 Å². The topological polar surface area (TPSA) is 77.2 Å². The van der Waals surface area contributed by atoms with Crippen LogP contribution in [0.2, 0.25) is 0 Å². The van der Waals surface area contributed by atoms with Crippen LogP contribution in [0.15, 0.2) is 90.1 Å². The SMILES string of the molecule is O=C(CSc1nnc(COc2ccccc2)n1Cc1ccccc1)c1ccc(O)cc1. The van der Waals surface area contributed by atoms with Gasteiger partial charge in [0, 0.05) is 5.56 Å². The van der Waals surface area contributed by atoms with Crippen molar-refractivity contribution in [1.29, 1.82) is 0 Å². The molecule has 1 heterocycles. The number of hydrogen-bond donors (Lipinski definition) is 1. The highest BCUT2D eigenvalue weighted by molar-refractivity contribution is 7.99. The van der Waals surface area contributed by atoms with E-state index in [4.69, 9.17) is 4.74 Å². The number of benzene rings is 3. The lowest BCUT2D eigenvalue weighted by Gasteiger charge is -2.11. The zero-order valence-electron chi connectivity index (χ0n) is 16.7. The van der Waals surface area contributed by atoms with Crippen LogP contribution < -0.4 is 4.74 Å². The van der Waals surface area contributed by atoms with E-state index in [1.165, 1.54) is 23.9 Å². The summed E-state index contributed by atoms with van der Waals surface area (Å²) in [6, 6.07) is 25.8. The van der Waals surface area contributed by atoms with Crippen molar-refractivity contribution in [2.24, 2.45) is 0 Å². The number of rotatable bonds is 9. The van der Waals surface area contributed by atoms with E-state index in [0.717, 1.165) is 11.3 Å². The van der Waals surface area contributed by atoms with E-state index in [1.807, 2.05) is 65.2 Å². The monoisotopic (exact) mass is 431 g/mol. The molecule has 0 atom stereocenters. The number of hydrogen-bond acceptors (Lipinski definition) is 6. The lowest BCUT2D eigenvalue weighted by Crippen LogP contribution is -2.10. The molecule has 0 saturated carbocycles. The number of nitrogens with zero attached hydrogens (tertiary/aromatic N) is 3. The maximum absolute atomic E-state index is 12.5. The average Bonchev–Trinajstić information content (AvgIpc) is 3.19. The maximum Gasteiger partial charge on any atom is 0.192 e. The van der Waals surface area contributed by atoms with Gasteiger partial charge >= 0.3 is 0 Å². The van der Waals surface area contributed by atoms with Gasteiger partial charge in [0.2, 0.25) is 0 Å². The summed E-state index contributed by atoms with van der Waals surface area (Å²) in [7, 11) is 0. The van der Waals surface area contributed by atoms with Gasteiger partial charge in [0.1, 0.15) is 18.1 Å². The number of thioether (sulfide) groups is 1. The minimum absolute atomic E-state index is 0.0404. The predicted octanol–water partition coefficient (Wildman–Crippen LogP) is 4.59. The number of aromatic nitrogens is 3. The van der Waals surface area contributed by atoms with Gasteiger partial charge in [-0.05, 0) is 42.0 Å². The molecule has 0 amide bonds. The number of carbonyl (C=O) groups excluding carboxylic acids is 1. The van der Waals surface area contributed by atoms with Crippen molar-refractivity contribution in [1.82, 2.24) is 14.8 Å². The van der Waals surface area contributed by atoms with Gasteiger partial charge in [-0.1, -0.05) is 60.3 Å². The molecule has 1 aromatic heterocycles. The Morgan fingerprint density at radius 2 is 1.58 bits per heavy atom. The van der Waals surface area contributed by atoms with E-state index in [9.17, 15) is 9.90 Å². The minimum atomic E-state index is -0.0404. The third-order valence-corrected chi connectivity index (χ3v) is 5.58. The average molecular weight is 432 g/mol. The number of phenolic OH excluding ortho intramolecular Hbond substituents is 1. The van der Waals surface area contributed by atoms with E-state index < -0.39 is 0 Å². The van der Waals surface area contributed by atoms with Gasteiger partial charge in [-0.2, -0.15) is 0 Å². The fraction of sp³-hybridized carbons (Fsp3) is 0.125. The maximum atomic E-state index is 12.5. The quantitative estimate of drug-likeness (QED) is 0.309. The number of carbonyl (C=O) groups is 1. The van der Waals surface area contributed by atoms with E-state index in [1.54, 1.807) is 12.1 Å². The Bertz CT molecular complexity index is 1130. The van der Waals surface area contributed by atoms with Crippen molar-refractivity contribution < 1.29 is 14.6 Å². The molecule has 4 aromatic rings. The molecule has 0 saturated heterocycles. The molecule has 0 bridgehead atoms. The van der Waals surface area contributed by atoms with Crippen LogP contribution in [-0.2, 0) is 13.2 Å². The molecule has 6 nitrogen and oxygen atoms in total. The second-order valence-electron chi connectivity index (χ2n) is 6.83. The summed E-state index contributed by atoms with van der Waals surface area (Å²) in [6.07, 6.45) is 0. The Morgan fingerprint density at radius 1 is 0.903 bits per heavy atom. The molecule has 4 rings (SSSR count). The van der Waals surface area contributed by atoms with Crippen LogP contribution in [0.1, 0.15) is 21.7 Å². The first-order valence-electron chi connectivity index (χ1n) is 9.78. The smallest absolute Gasteiger partial charge is 0.192 e. The summed E-state index contributed by atoms with van der Waals surface area (Å²) >= 11 is 1.34. The molecule has 156 valence electrons. The normalized spacial score (nSPS) is 10.7. The number of Topliss-reactive ketones (excluding diaryl/α,β-unsaturated/α-hetero) is 1. The van der Waals surface area contributed by atoms with Gasteiger partial charge < -0.3 is 9.84 Å². The molecule has 7 heteroatoms. The van der Waals surface area contributed by atoms with Crippen LogP contribution >= 0.6 is 11.8 Å². The Morgan fingerprint density at radius 3 is 2.29 bits per heavy atom. The molecule has 0 radical (unpaired) electrons. The Hall–Kier alpha value is -3.58. The zero-order chi connectivity index (χ0) is 21.5. The summed E-state index contributed by atoms with van der Waals surface area (Å²) < 4.78 is 7.85. The molecule has 31 heavy (non-hydrogen) atoms. The van der Waals surface area contributed by atoms with Gasteiger partial charge in [-0.3, -0.25) is 9.36 Å². The summed E-state index contributed by atoms with van der Waals surface area (Å²) in [4.78, 5) is 12.5. The summed E-state index contributed by atoms with van der Waals surface area (Å²) in [5.41, 5.74) is 1.65. The van der Waals surface area contributed by atoms with E-state index in [-0.39, 0.29) is 23.9 Å². The number of para-hydroxylation sites is 1. The van der Waals surface area contributed by atoms with E-state index in [2.05, 4.69) is 10.2 Å². The fourth-order valence-corrected chi connectivity index (χ4v) is 3.83. The van der Waals surface area contributed by atoms with Crippen LogP contribution in [0.3, 0.4) is 0 Å².